The zero-order valence-corrected chi connectivity index (χ0v) is 33.0. The minimum Gasteiger partial charge on any atom is -0.408 e. The third-order valence-electron chi connectivity index (χ3n) is 10.2. The smallest absolute Gasteiger partial charge is 0.386 e. The second-order valence-corrected chi connectivity index (χ2v) is 24.9. The number of nitrogens with two attached hydrogens (primary N) is 1. The zero-order valence-electron chi connectivity index (χ0n) is 28.5. The average Bonchev–Trinajstić information content (AvgIpc) is 3.87. The SMILES string of the molecule is CC(C)(C)[Si](C)(C)O[C@H]1[C@H]2OP(O)(=S)OCC34CO[C@@H]([C@H](n5cnc6c(N)ncnc65)O3)[C@@H]4OP(=O)(S)OC[C@H]1O[C@H]2n1cnc2c(=O)[nH]ncc21. The third-order valence-corrected chi connectivity index (χ3v) is 17.8. The minimum absolute atomic E-state index is 0.0925. The second kappa shape index (κ2) is 12.7. The van der Waals surface area contributed by atoms with Crippen molar-refractivity contribution in [3.8, 4) is 0 Å². The molecule has 4 aromatic heterocycles. The Morgan fingerprint density at radius 2 is 1.85 bits per heavy atom. The first-order valence-electron chi connectivity index (χ1n) is 16.2. The summed E-state index contributed by atoms with van der Waals surface area (Å²) >= 11 is 10.00. The summed E-state index contributed by atoms with van der Waals surface area (Å²) in [6.45, 7) is 0.950. The molecule has 282 valence electrons. The van der Waals surface area contributed by atoms with Gasteiger partial charge in [-0.1, -0.05) is 33.0 Å². The van der Waals surface area contributed by atoms with Crippen LogP contribution in [0.4, 0.5) is 5.82 Å². The number of nitrogens with one attached hydrogen (secondary N) is 1. The van der Waals surface area contributed by atoms with Crippen molar-refractivity contribution in [1.82, 2.24) is 39.3 Å². The molecule has 4 saturated heterocycles. The number of thiol groups is 1. The van der Waals surface area contributed by atoms with E-state index in [1.54, 1.807) is 4.57 Å². The van der Waals surface area contributed by atoms with E-state index in [0.717, 1.165) is 0 Å². The lowest BCUT2D eigenvalue weighted by molar-refractivity contribution is -0.183. The Balaban J connectivity index is 1.18. The lowest BCUT2D eigenvalue weighted by atomic mass is 10.0. The highest BCUT2D eigenvalue weighted by molar-refractivity contribution is 8.44. The van der Waals surface area contributed by atoms with Crippen LogP contribution >= 0.6 is 25.8 Å². The summed E-state index contributed by atoms with van der Waals surface area (Å²) < 4.78 is 67.8. The van der Waals surface area contributed by atoms with Crippen molar-refractivity contribution in [3.63, 3.8) is 0 Å². The number of imidazole rings is 2. The number of ether oxygens (including phenoxy) is 3. The van der Waals surface area contributed by atoms with Gasteiger partial charge in [0.05, 0.1) is 44.2 Å². The van der Waals surface area contributed by atoms with Gasteiger partial charge in [-0.2, -0.15) is 5.10 Å². The molecule has 0 aromatic carbocycles. The Kier molecular flexibility index (Phi) is 8.95. The van der Waals surface area contributed by atoms with Crippen molar-refractivity contribution in [3.05, 3.63) is 35.5 Å². The van der Waals surface area contributed by atoms with Crippen LogP contribution in [0, 0.1) is 0 Å². The molecule has 4 aliphatic heterocycles. The zero-order chi connectivity index (χ0) is 37.0. The van der Waals surface area contributed by atoms with Gasteiger partial charge in [0.25, 0.3) is 5.56 Å². The molecule has 0 spiro atoms. The molecule has 52 heavy (non-hydrogen) atoms. The summed E-state index contributed by atoms with van der Waals surface area (Å²) in [7, 11) is -2.62. The van der Waals surface area contributed by atoms with E-state index in [4.69, 9.17) is 54.3 Å². The van der Waals surface area contributed by atoms with Crippen LogP contribution in [-0.2, 0) is 53.1 Å². The van der Waals surface area contributed by atoms with Gasteiger partial charge in [0.15, 0.2) is 37.8 Å². The summed E-state index contributed by atoms with van der Waals surface area (Å²) in [5.74, 6) is 0.164. The Morgan fingerprint density at radius 3 is 2.62 bits per heavy atom. The lowest BCUT2D eigenvalue weighted by Gasteiger charge is -2.41. The molecule has 4 bridgehead atoms. The number of fused-ring (bicyclic) bond motifs is 4. The summed E-state index contributed by atoms with van der Waals surface area (Å²) in [6, 6.07) is 0. The number of aromatic nitrogens is 8. The van der Waals surface area contributed by atoms with Crippen molar-refractivity contribution >= 4 is 73.9 Å². The molecule has 0 radical (unpaired) electrons. The maximum atomic E-state index is 14.1. The monoisotopic (exact) mass is 817 g/mol. The molecule has 4 aromatic rings. The van der Waals surface area contributed by atoms with E-state index in [1.165, 1.54) is 29.7 Å². The van der Waals surface area contributed by atoms with Gasteiger partial charge in [-0.3, -0.25) is 27.5 Å². The maximum Gasteiger partial charge on any atom is 0.386 e. The van der Waals surface area contributed by atoms with E-state index >= 15 is 0 Å². The predicted octanol–water partition coefficient (Wildman–Crippen LogP) is 2.57. The molecule has 0 aliphatic carbocycles. The number of anilines is 1. The number of nitrogen functional groups attached to an aromatic ring is 1. The van der Waals surface area contributed by atoms with Crippen LogP contribution in [0.2, 0.25) is 18.1 Å². The molecule has 4 N–H and O–H groups in total. The number of aromatic amines is 1. The molecule has 8 heterocycles. The topological polar surface area (TPSA) is 244 Å². The van der Waals surface area contributed by atoms with E-state index in [1.807, 2.05) is 13.1 Å². The van der Waals surface area contributed by atoms with Gasteiger partial charge in [0.2, 0.25) is 0 Å². The van der Waals surface area contributed by atoms with Crippen LogP contribution in [0.1, 0.15) is 33.2 Å². The summed E-state index contributed by atoms with van der Waals surface area (Å²) in [5, 5.41) is 6.00. The fourth-order valence-electron chi connectivity index (χ4n) is 6.57. The van der Waals surface area contributed by atoms with Crippen LogP contribution < -0.4 is 11.3 Å². The Bertz CT molecular complexity index is 2200. The molecular weight excluding hydrogens is 781 g/mol. The molecule has 0 saturated carbocycles. The van der Waals surface area contributed by atoms with E-state index in [9.17, 15) is 14.3 Å². The Morgan fingerprint density at radius 1 is 1.10 bits per heavy atom. The summed E-state index contributed by atoms with van der Waals surface area (Å²) in [5.41, 5.74) is 5.12. The standard InChI is InChI=1S/C27H37N9O11P2S2Si/c1-26(2,3)52(4,5)47-17-14-7-41-48(38,50)46-20-19-25(36-12-32-16-21(28)29-10-30-22(16)36)44-27(20,8-40-19)9-42-49(39,51)45-18(17)24(43-14)35-11-31-15-13(35)6-33-34-23(15)37/h6,10-12,14,17-20,24-25H,7-9H2,1-5H3,(H,34,37)(H,38,50)(H,39,51)(H2,28,29,30)/t14-,17-,18-,19-,20+,24-,25-,27?,48?,49?/m1/s1. The normalized spacial score (nSPS) is 37.2. The molecule has 10 atom stereocenters. The van der Waals surface area contributed by atoms with E-state index in [2.05, 4.69) is 63.2 Å². The van der Waals surface area contributed by atoms with Crippen molar-refractivity contribution in [1.29, 1.82) is 0 Å². The van der Waals surface area contributed by atoms with E-state index in [0.29, 0.717) is 16.7 Å². The molecule has 4 aliphatic rings. The Hall–Kier alpha value is -2.21. The number of hydrogen-bond acceptors (Lipinski definition) is 17. The fourth-order valence-corrected chi connectivity index (χ4v) is 10.8. The van der Waals surface area contributed by atoms with Crippen LogP contribution in [-0.4, -0.2) is 108 Å². The molecule has 0 amide bonds. The van der Waals surface area contributed by atoms with Crippen LogP contribution in [0.5, 0.6) is 0 Å². The number of nitrogens with zero attached hydrogens (tertiary/aromatic N) is 7. The quantitative estimate of drug-likeness (QED) is 0.131. The Labute approximate surface area is 307 Å². The number of hydrogen-bond donors (Lipinski definition) is 4. The molecule has 8 rings (SSSR count). The van der Waals surface area contributed by atoms with E-state index in [-0.39, 0.29) is 29.6 Å². The van der Waals surface area contributed by atoms with Gasteiger partial charge in [-0.25, -0.2) is 29.6 Å². The van der Waals surface area contributed by atoms with Crippen molar-refractivity contribution in [2.24, 2.45) is 0 Å². The van der Waals surface area contributed by atoms with Gasteiger partial charge >= 0.3 is 13.5 Å². The first-order valence-corrected chi connectivity index (χ1v) is 24.4. The highest BCUT2D eigenvalue weighted by Crippen LogP contribution is 2.62. The average molecular weight is 818 g/mol. The molecular formula is C27H37N9O11P2S2Si. The van der Waals surface area contributed by atoms with Crippen LogP contribution in [0.15, 0.2) is 30.0 Å². The lowest BCUT2D eigenvalue weighted by Crippen LogP contribution is -2.50. The van der Waals surface area contributed by atoms with E-state index < -0.39 is 82.6 Å². The van der Waals surface area contributed by atoms with Gasteiger partial charge in [0.1, 0.15) is 48.0 Å². The molecule has 4 fully saturated rings. The number of rotatable bonds is 4. The second-order valence-electron chi connectivity index (χ2n) is 14.5. The van der Waals surface area contributed by atoms with Crippen LogP contribution in [0.3, 0.4) is 0 Å². The maximum absolute atomic E-state index is 14.1. The van der Waals surface area contributed by atoms with Gasteiger partial charge in [-0.15, -0.1) is 0 Å². The third kappa shape index (κ3) is 6.21. The first kappa shape index (κ1) is 36.7. The highest BCUT2D eigenvalue weighted by atomic mass is 32.7. The fraction of sp³-hybridized carbons (Fsp3) is 0.630. The number of H-pyrrole nitrogens is 1. The van der Waals surface area contributed by atoms with Crippen molar-refractivity contribution < 1.29 is 46.2 Å². The first-order chi connectivity index (χ1) is 24.4. The molecule has 20 nitrogen and oxygen atoms in total. The summed E-state index contributed by atoms with van der Waals surface area (Å²) in [6.07, 6.45) is -1.54. The van der Waals surface area contributed by atoms with Gasteiger partial charge in [0, 0.05) is 0 Å². The van der Waals surface area contributed by atoms with Gasteiger partial charge < -0.3 is 33.8 Å². The van der Waals surface area contributed by atoms with Crippen molar-refractivity contribution in [2.45, 2.75) is 87.5 Å². The van der Waals surface area contributed by atoms with Crippen molar-refractivity contribution in [2.75, 3.05) is 25.6 Å². The largest absolute Gasteiger partial charge is 0.408 e. The minimum atomic E-state index is -4.23. The molecule has 25 heteroatoms. The molecule has 3 unspecified atom stereocenters. The predicted molar refractivity (Wildman–Crippen MR) is 191 cm³/mol. The summed E-state index contributed by atoms with van der Waals surface area (Å²) in [4.78, 5) is 41.2. The van der Waals surface area contributed by atoms with Crippen LogP contribution in [0.25, 0.3) is 22.2 Å². The highest BCUT2D eigenvalue weighted by Gasteiger charge is 2.66. The van der Waals surface area contributed by atoms with Gasteiger partial charge in [-0.05, 0) is 29.9 Å².